The third-order valence-corrected chi connectivity index (χ3v) is 5.14. The molecule has 5 rings (SSSR count). The monoisotopic (exact) mass is 416 g/mol. The van der Waals surface area contributed by atoms with Crippen LogP contribution in [0.3, 0.4) is 0 Å². The molecule has 1 fully saturated rings. The van der Waals surface area contributed by atoms with E-state index in [1.165, 1.54) is 0 Å². The maximum atomic E-state index is 9.54. The molecule has 0 unspecified atom stereocenters. The Labute approximate surface area is 178 Å². The molecular formula is C21H20N8O2. The van der Waals surface area contributed by atoms with E-state index < -0.39 is 0 Å². The fraction of sp³-hybridized carbons (Fsp3) is 0.286. The fourth-order valence-electron chi connectivity index (χ4n) is 3.65. The molecule has 0 bridgehead atoms. The van der Waals surface area contributed by atoms with Crippen LogP contribution in [0.2, 0.25) is 0 Å². The lowest BCUT2D eigenvalue weighted by Crippen LogP contribution is -2.43. The number of aryl methyl sites for hydroxylation is 1. The molecule has 0 amide bonds. The third kappa shape index (κ3) is 3.78. The van der Waals surface area contributed by atoms with Crippen LogP contribution in [0.5, 0.6) is 5.75 Å². The normalized spacial score (nSPS) is 14.0. The smallest absolute Gasteiger partial charge is 0.264 e. The molecule has 0 radical (unpaired) electrons. The summed E-state index contributed by atoms with van der Waals surface area (Å²) in [5.41, 5.74) is 2.88. The van der Waals surface area contributed by atoms with Gasteiger partial charge in [0.1, 0.15) is 17.6 Å². The van der Waals surface area contributed by atoms with E-state index >= 15 is 0 Å². The zero-order valence-corrected chi connectivity index (χ0v) is 16.9. The Morgan fingerprint density at radius 1 is 1.26 bits per heavy atom. The maximum absolute atomic E-state index is 9.54. The van der Waals surface area contributed by atoms with Gasteiger partial charge in [0, 0.05) is 43.5 Å². The molecule has 1 saturated heterocycles. The van der Waals surface area contributed by atoms with Crippen molar-refractivity contribution in [2.75, 3.05) is 31.1 Å². The highest BCUT2D eigenvalue weighted by atomic mass is 16.5. The molecular weight excluding hydrogens is 396 g/mol. The van der Waals surface area contributed by atoms with Crippen molar-refractivity contribution in [3.05, 3.63) is 54.1 Å². The van der Waals surface area contributed by atoms with Gasteiger partial charge >= 0.3 is 0 Å². The number of nitriles is 1. The molecule has 0 spiro atoms. The first-order chi connectivity index (χ1) is 15.2. The SMILES string of the molecule is Cc1noc(COc2cc(-c3ccc(N4CCNCC4)nc3)c3c(C#N)cnn3c2)n1. The van der Waals surface area contributed by atoms with E-state index in [-0.39, 0.29) is 6.61 Å². The number of nitrogens with one attached hydrogen (secondary N) is 1. The van der Waals surface area contributed by atoms with Crippen LogP contribution < -0.4 is 15.0 Å². The minimum Gasteiger partial charge on any atom is -0.482 e. The van der Waals surface area contributed by atoms with Gasteiger partial charge in [0.05, 0.1) is 23.5 Å². The summed E-state index contributed by atoms with van der Waals surface area (Å²) in [5.74, 6) is 2.45. The molecule has 1 N–H and O–H groups in total. The van der Waals surface area contributed by atoms with E-state index in [4.69, 9.17) is 9.26 Å². The van der Waals surface area contributed by atoms with Gasteiger partial charge < -0.3 is 19.5 Å². The van der Waals surface area contributed by atoms with Crippen molar-refractivity contribution in [1.29, 1.82) is 5.26 Å². The van der Waals surface area contributed by atoms with Gasteiger partial charge in [0.25, 0.3) is 5.89 Å². The minimum atomic E-state index is 0.137. The number of aromatic nitrogens is 5. The number of pyridine rings is 2. The first-order valence-electron chi connectivity index (χ1n) is 9.97. The highest BCUT2D eigenvalue weighted by Crippen LogP contribution is 2.31. The highest BCUT2D eigenvalue weighted by molar-refractivity contribution is 5.85. The van der Waals surface area contributed by atoms with Crippen LogP contribution in [0.4, 0.5) is 5.82 Å². The summed E-state index contributed by atoms with van der Waals surface area (Å²) in [6, 6.07) is 8.11. The van der Waals surface area contributed by atoms with Crippen molar-refractivity contribution >= 4 is 11.3 Å². The van der Waals surface area contributed by atoms with Crippen molar-refractivity contribution in [2.45, 2.75) is 13.5 Å². The quantitative estimate of drug-likeness (QED) is 0.521. The number of rotatable bonds is 5. The van der Waals surface area contributed by atoms with Crippen LogP contribution in [0, 0.1) is 18.3 Å². The second kappa shape index (κ2) is 8.04. The first-order valence-corrected chi connectivity index (χ1v) is 9.97. The largest absolute Gasteiger partial charge is 0.482 e. The molecule has 31 heavy (non-hydrogen) atoms. The van der Waals surface area contributed by atoms with Crippen molar-refractivity contribution in [3.8, 4) is 22.9 Å². The van der Waals surface area contributed by atoms with Gasteiger partial charge in [-0.1, -0.05) is 5.16 Å². The topological polar surface area (TPSA) is 117 Å². The number of hydrogen-bond acceptors (Lipinski definition) is 9. The molecule has 10 nitrogen and oxygen atoms in total. The van der Waals surface area contributed by atoms with Crippen LogP contribution in [-0.2, 0) is 6.61 Å². The van der Waals surface area contributed by atoms with E-state index in [2.05, 4.69) is 36.5 Å². The third-order valence-electron chi connectivity index (χ3n) is 5.14. The molecule has 0 atom stereocenters. The molecule has 0 saturated carbocycles. The van der Waals surface area contributed by atoms with Crippen LogP contribution in [-0.4, -0.2) is 50.9 Å². The van der Waals surface area contributed by atoms with Crippen molar-refractivity contribution < 1.29 is 9.26 Å². The van der Waals surface area contributed by atoms with Gasteiger partial charge in [-0.2, -0.15) is 15.3 Å². The average molecular weight is 416 g/mol. The summed E-state index contributed by atoms with van der Waals surface area (Å²) in [7, 11) is 0. The van der Waals surface area contributed by atoms with Gasteiger partial charge in [-0.3, -0.25) is 0 Å². The van der Waals surface area contributed by atoms with Gasteiger partial charge in [0.15, 0.2) is 12.4 Å². The van der Waals surface area contributed by atoms with E-state index in [9.17, 15) is 5.26 Å². The fourth-order valence-corrected chi connectivity index (χ4v) is 3.65. The Balaban J connectivity index is 1.49. The number of ether oxygens (including phenoxy) is 1. The van der Waals surface area contributed by atoms with Gasteiger partial charge in [-0.15, -0.1) is 0 Å². The summed E-state index contributed by atoms with van der Waals surface area (Å²) in [4.78, 5) is 11.1. The number of anilines is 1. The lowest BCUT2D eigenvalue weighted by molar-refractivity contribution is 0.241. The van der Waals surface area contributed by atoms with E-state index in [0.717, 1.165) is 43.1 Å². The minimum absolute atomic E-state index is 0.137. The van der Waals surface area contributed by atoms with Crippen molar-refractivity contribution in [1.82, 2.24) is 30.1 Å². The molecule has 4 aromatic rings. The van der Waals surface area contributed by atoms with Crippen LogP contribution >= 0.6 is 0 Å². The molecule has 4 aromatic heterocycles. The Morgan fingerprint density at radius 2 is 2.13 bits per heavy atom. The standard InChI is InChI=1S/C21H20N8O2/c1-14-26-20(31-27-14)13-30-17-8-18(21-16(9-22)11-25-29(21)12-17)15-2-3-19(24-10-15)28-6-4-23-5-7-28/h2-3,8,10-12,23H,4-7,13H2,1H3. The summed E-state index contributed by atoms with van der Waals surface area (Å²) in [6.07, 6.45) is 5.10. The number of nitrogens with zero attached hydrogens (tertiary/aromatic N) is 7. The molecule has 0 aliphatic carbocycles. The van der Waals surface area contributed by atoms with Crippen LogP contribution in [0.25, 0.3) is 16.6 Å². The van der Waals surface area contributed by atoms with Crippen molar-refractivity contribution in [3.63, 3.8) is 0 Å². The Hall–Kier alpha value is -3.97. The van der Waals surface area contributed by atoms with Crippen molar-refractivity contribution in [2.24, 2.45) is 0 Å². The summed E-state index contributed by atoms with van der Waals surface area (Å²) < 4.78 is 12.6. The van der Waals surface area contributed by atoms with E-state index in [1.54, 1.807) is 23.8 Å². The predicted octanol–water partition coefficient (Wildman–Crippen LogP) is 1.95. The number of piperazine rings is 1. The lowest BCUT2D eigenvalue weighted by atomic mass is 10.1. The molecule has 1 aliphatic rings. The highest BCUT2D eigenvalue weighted by Gasteiger charge is 2.16. The molecule has 10 heteroatoms. The zero-order valence-electron chi connectivity index (χ0n) is 16.9. The first kappa shape index (κ1) is 19.0. The zero-order chi connectivity index (χ0) is 21.2. The summed E-state index contributed by atoms with van der Waals surface area (Å²) in [6.45, 7) is 5.64. The lowest BCUT2D eigenvalue weighted by Gasteiger charge is -2.28. The van der Waals surface area contributed by atoms with Gasteiger partial charge in [-0.25, -0.2) is 9.50 Å². The van der Waals surface area contributed by atoms with Gasteiger partial charge in [-0.05, 0) is 25.1 Å². The molecule has 156 valence electrons. The Bertz CT molecular complexity index is 1250. The van der Waals surface area contributed by atoms with Crippen LogP contribution in [0.1, 0.15) is 17.3 Å². The second-order valence-electron chi connectivity index (χ2n) is 7.22. The Morgan fingerprint density at radius 3 is 2.84 bits per heavy atom. The summed E-state index contributed by atoms with van der Waals surface area (Å²) >= 11 is 0. The molecule has 1 aliphatic heterocycles. The maximum Gasteiger partial charge on any atom is 0.264 e. The summed E-state index contributed by atoms with van der Waals surface area (Å²) in [5, 5.41) is 21.0. The molecule has 5 heterocycles. The van der Waals surface area contributed by atoms with E-state index in [0.29, 0.717) is 28.5 Å². The number of hydrogen-bond donors (Lipinski definition) is 1. The second-order valence-corrected chi connectivity index (χ2v) is 7.22. The van der Waals surface area contributed by atoms with E-state index in [1.807, 2.05) is 24.4 Å². The number of fused-ring (bicyclic) bond motifs is 1. The average Bonchev–Trinajstić information content (AvgIpc) is 3.43. The molecule has 0 aromatic carbocycles. The Kier molecular flexibility index (Phi) is 4.93. The van der Waals surface area contributed by atoms with Gasteiger partial charge in [0.2, 0.25) is 0 Å². The predicted molar refractivity (Wildman–Crippen MR) is 112 cm³/mol. The van der Waals surface area contributed by atoms with Crippen LogP contribution in [0.15, 0.2) is 41.3 Å².